The predicted octanol–water partition coefficient (Wildman–Crippen LogP) is 4.40. The van der Waals surface area contributed by atoms with Gasteiger partial charge in [0.1, 0.15) is 0 Å². The highest BCUT2D eigenvalue weighted by atomic mass is 35.5. The molecule has 0 unspecified atom stereocenters. The maximum Gasteiger partial charge on any atom is 0.1000 e. The van der Waals surface area contributed by atoms with Crippen LogP contribution in [-0.4, -0.2) is 30.0 Å². The van der Waals surface area contributed by atoms with Crippen molar-refractivity contribution in [2.75, 3.05) is 6.54 Å². The molecule has 0 bridgehead atoms. The number of hydrazine groups is 1. The number of halogens is 1. The molecule has 0 spiro atoms. The fourth-order valence-electron chi connectivity index (χ4n) is 3.99. The van der Waals surface area contributed by atoms with Crippen molar-refractivity contribution in [3.05, 3.63) is 71.8 Å². The van der Waals surface area contributed by atoms with Crippen molar-refractivity contribution in [2.24, 2.45) is 4.99 Å². The molecule has 2 atom stereocenters. The van der Waals surface area contributed by atoms with E-state index >= 15 is 0 Å². The van der Waals surface area contributed by atoms with Gasteiger partial charge >= 0.3 is 0 Å². The lowest BCUT2D eigenvalue weighted by Gasteiger charge is -2.32. The minimum atomic E-state index is 0. The van der Waals surface area contributed by atoms with Gasteiger partial charge in [-0.25, -0.2) is 5.43 Å². The summed E-state index contributed by atoms with van der Waals surface area (Å²) in [4.78, 5) is 4.70. The third kappa shape index (κ3) is 4.05. The lowest BCUT2D eigenvalue weighted by Crippen LogP contribution is -2.47. The van der Waals surface area contributed by atoms with Crippen molar-refractivity contribution in [2.45, 2.75) is 43.7 Å². The molecular weight excluding hydrogens is 330 g/mol. The Morgan fingerprint density at radius 3 is 2.16 bits per heavy atom. The number of nitrogens with one attached hydrogen (secondary N) is 1. The van der Waals surface area contributed by atoms with Crippen LogP contribution in [0.4, 0.5) is 0 Å². The summed E-state index contributed by atoms with van der Waals surface area (Å²) < 4.78 is 0. The van der Waals surface area contributed by atoms with Crippen LogP contribution in [0.3, 0.4) is 0 Å². The first-order chi connectivity index (χ1) is 11.9. The zero-order valence-electron chi connectivity index (χ0n) is 14.4. The Morgan fingerprint density at radius 1 is 0.920 bits per heavy atom. The Labute approximate surface area is 156 Å². The van der Waals surface area contributed by atoms with Crippen LogP contribution in [0.1, 0.15) is 42.7 Å². The molecule has 1 heterocycles. The van der Waals surface area contributed by atoms with Crippen molar-refractivity contribution in [3.8, 4) is 0 Å². The number of fused-ring (bicyclic) bond motifs is 1. The van der Waals surface area contributed by atoms with E-state index in [-0.39, 0.29) is 12.4 Å². The topological polar surface area (TPSA) is 27.6 Å². The molecule has 2 aliphatic rings. The standard InChI is InChI=1S/C21H25N3.ClH/c1-3-9-17(10-4-1)19(18-11-5-2-6-12-18)15-23-24-16-22-20-13-7-8-14-21(20)24;/h1-6,9-12,16,19-21,23H,7-8,13-15H2;1H/t20-,21-;/m0./s1. The second-order valence-corrected chi connectivity index (χ2v) is 6.83. The van der Waals surface area contributed by atoms with Gasteiger partial charge < -0.3 is 0 Å². The van der Waals surface area contributed by atoms with E-state index in [0.717, 1.165) is 6.54 Å². The van der Waals surface area contributed by atoms with Gasteiger partial charge in [-0.15, -0.1) is 12.4 Å². The summed E-state index contributed by atoms with van der Waals surface area (Å²) in [5, 5.41) is 2.27. The van der Waals surface area contributed by atoms with Gasteiger partial charge in [-0.2, -0.15) is 0 Å². The van der Waals surface area contributed by atoms with Gasteiger partial charge in [0.15, 0.2) is 0 Å². The van der Waals surface area contributed by atoms with E-state index in [1.807, 2.05) is 6.34 Å². The largest absolute Gasteiger partial charge is 0.293 e. The Morgan fingerprint density at radius 2 is 1.52 bits per heavy atom. The van der Waals surface area contributed by atoms with E-state index < -0.39 is 0 Å². The van der Waals surface area contributed by atoms with E-state index in [0.29, 0.717) is 18.0 Å². The molecule has 4 rings (SSSR count). The lowest BCUT2D eigenvalue weighted by molar-refractivity contribution is 0.191. The van der Waals surface area contributed by atoms with Crippen molar-refractivity contribution >= 4 is 18.7 Å². The number of aliphatic imine (C=N–C) groups is 1. The number of rotatable bonds is 5. The summed E-state index contributed by atoms with van der Waals surface area (Å²) >= 11 is 0. The summed E-state index contributed by atoms with van der Waals surface area (Å²) in [6, 6.07) is 22.6. The molecule has 1 N–H and O–H groups in total. The fraction of sp³-hybridized carbons (Fsp3) is 0.381. The van der Waals surface area contributed by atoms with Crippen LogP contribution in [0.2, 0.25) is 0 Å². The van der Waals surface area contributed by atoms with Gasteiger partial charge in [0.25, 0.3) is 0 Å². The van der Waals surface area contributed by atoms with Crippen molar-refractivity contribution in [1.82, 2.24) is 10.4 Å². The molecule has 4 heteroatoms. The van der Waals surface area contributed by atoms with Crippen molar-refractivity contribution in [3.63, 3.8) is 0 Å². The predicted molar refractivity (Wildman–Crippen MR) is 106 cm³/mol. The molecule has 3 nitrogen and oxygen atoms in total. The number of benzene rings is 2. The summed E-state index contributed by atoms with van der Waals surface area (Å²) in [5.74, 6) is 0.350. The van der Waals surface area contributed by atoms with E-state index in [4.69, 9.17) is 4.99 Å². The highest BCUT2D eigenvalue weighted by Crippen LogP contribution is 2.28. The molecule has 2 aromatic carbocycles. The average Bonchev–Trinajstić information content (AvgIpc) is 3.07. The highest BCUT2D eigenvalue weighted by molar-refractivity contribution is 5.85. The molecule has 2 aromatic rings. The Balaban J connectivity index is 0.00000182. The van der Waals surface area contributed by atoms with Gasteiger partial charge in [-0.3, -0.25) is 10.0 Å². The number of hydrogen-bond donors (Lipinski definition) is 1. The minimum Gasteiger partial charge on any atom is -0.293 e. The monoisotopic (exact) mass is 355 g/mol. The van der Waals surface area contributed by atoms with Crippen LogP contribution >= 0.6 is 12.4 Å². The lowest BCUT2D eigenvalue weighted by atomic mass is 9.90. The molecule has 0 amide bonds. The number of nitrogens with zero attached hydrogens (tertiary/aromatic N) is 2. The van der Waals surface area contributed by atoms with Crippen molar-refractivity contribution in [1.29, 1.82) is 0 Å². The Bertz CT molecular complexity index is 635. The van der Waals surface area contributed by atoms with Gasteiger partial charge in [0.05, 0.1) is 18.4 Å². The van der Waals surface area contributed by atoms with Crippen LogP contribution in [0, 0.1) is 0 Å². The van der Waals surface area contributed by atoms with E-state index in [9.17, 15) is 0 Å². The van der Waals surface area contributed by atoms with E-state index in [2.05, 4.69) is 71.1 Å². The molecule has 0 radical (unpaired) electrons. The zero-order chi connectivity index (χ0) is 16.2. The smallest absolute Gasteiger partial charge is 0.1000 e. The van der Waals surface area contributed by atoms with E-state index in [1.54, 1.807) is 0 Å². The van der Waals surface area contributed by atoms with Crippen LogP contribution in [-0.2, 0) is 0 Å². The van der Waals surface area contributed by atoms with E-state index in [1.165, 1.54) is 36.8 Å². The molecule has 0 aromatic heterocycles. The first-order valence-electron chi connectivity index (χ1n) is 9.07. The molecular formula is C21H26ClN3. The molecule has 1 fully saturated rings. The molecule has 0 saturated heterocycles. The second kappa shape index (κ2) is 8.50. The number of hydrogen-bond acceptors (Lipinski definition) is 3. The first kappa shape index (κ1) is 18.0. The molecule has 1 aliphatic heterocycles. The summed E-state index contributed by atoms with van der Waals surface area (Å²) in [6.07, 6.45) is 7.15. The molecule has 1 aliphatic carbocycles. The molecule has 1 saturated carbocycles. The van der Waals surface area contributed by atoms with Gasteiger partial charge in [0.2, 0.25) is 0 Å². The summed E-state index contributed by atoms with van der Waals surface area (Å²) in [6.45, 7) is 0.892. The highest BCUT2D eigenvalue weighted by Gasteiger charge is 2.33. The normalized spacial score (nSPS) is 21.9. The minimum absolute atomic E-state index is 0. The van der Waals surface area contributed by atoms with Crippen LogP contribution in [0.25, 0.3) is 0 Å². The SMILES string of the molecule is C1=N[C@H]2CCCC[C@@H]2N1NCC(c1ccccc1)c1ccccc1.Cl. The van der Waals surface area contributed by atoms with Gasteiger partial charge in [-0.1, -0.05) is 73.5 Å². The molecule has 132 valence electrons. The quantitative estimate of drug-likeness (QED) is 0.860. The van der Waals surface area contributed by atoms with Crippen LogP contribution in [0.5, 0.6) is 0 Å². The van der Waals surface area contributed by atoms with Crippen molar-refractivity contribution < 1.29 is 0 Å². The Kier molecular flexibility index (Phi) is 6.11. The third-order valence-corrected chi connectivity index (χ3v) is 5.32. The fourth-order valence-corrected chi connectivity index (χ4v) is 3.99. The second-order valence-electron chi connectivity index (χ2n) is 6.83. The van der Waals surface area contributed by atoms with Gasteiger partial charge in [-0.05, 0) is 24.0 Å². The summed E-state index contributed by atoms with van der Waals surface area (Å²) in [5.41, 5.74) is 6.37. The van der Waals surface area contributed by atoms with Gasteiger partial charge in [0, 0.05) is 12.5 Å². The maximum absolute atomic E-state index is 4.70. The molecule has 25 heavy (non-hydrogen) atoms. The zero-order valence-corrected chi connectivity index (χ0v) is 15.2. The summed E-state index contributed by atoms with van der Waals surface area (Å²) in [7, 11) is 0. The maximum atomic E-state index is 4.70. The average molecular weight is 356 g/mol. The Hall–Kier alpha value is -1.84. The first-order valence-corrected chi connectivity index (χ1v) is 9.07. The van der Waals surface area contributed by atoms with Crippen LogP contribution < -0.4 is 5.43 Å². The third-order valence-electron chi connectivity index (χ3n) is 5.32. The van der Waals surface area contributed by atoms with Crippen LogP contribution in [0.15, 0.2) is 65.7 Å².